The van der Waals surface area contributed by atoms with E-state index in [1.165, 1.54) is 0 Å². The number of aryl methyl sites for hydroxylation is 3. The van der Waals surface area contributed by atoms with E-state index < -0.39 is 0 Å². The van der Waals surface area contributed by atoms with Gasteiger partial charge in [0.15, 0.2) is 0 Å². The van der Waals surface area contributed by atoms with Crippen molar-refractivity contribution in [3.8, 4) is 0 Å². The van der Waals surface area contributed by atoms with Gasteiger partial charge in [0.2, 0.25) is 5.91 Å². The number of piperidine rings is 1. The van der Waals surface area contributed by atoms with E-state index in [4.69, 9.17) is 5.73 Å². The summed E-state index contributed by atoms with van der Waals surface area (Å²) in [5.41, 5.74) is 8.89. The fraction of sp³-hybridized carbons (Fsp3) is 0.556. The minimum atomic E-state index is 0.222. The molecule has 25 heavy (non-hydrogen) atoms. The lowest BCUT2D eigenvalue weighted by molar-refractivity contribution is -0.132. The van der Waals surface area contributed by atoms with E-state index in [0.29, 0.717) is 18.2 Å². The van der Waals surface area contributed by atoms with Crippen LogP contribution in [-0.2, 0) is 24.7 Å². The molecular weight excluding hydrogens is 316 g/mol. The minimum Gasteiger partial charge on any atom is -0.382 e. The summed E-state index contributed by atoms with van der Waals surface area (Å²) in [7, 11) is 1.91. The number of rotatable bonds is 5. The van der Waals surface area contributed by atoms with Crippen LogP contribution in [0.2, 0.25) is 0 Å². The number of nitrogens with two attached hydrogens (primary N) is 1. The molecule has 0 aliphatic carbocycles. The quantitative estimate of drug-likeness (QED) is 0.889. The predicted molar refractivity (Wildman–Crippen MR) is 95.7 cm³/mol. The molecular formula is C18H26N6O. The van der Waals surface area contributed by atoms with Crippen LogP contribution in [0, 0.1) is 12.8 Å². The molecule has 0 saturated carbocycles. The van der Waals surface area contributed by atoms with Crippen molar-refractivity contribution < 1.29 is 4.79 Å². The Labute approximate surface area is 148 Å². The SMILES string of the molecule is Cc1nn(C)cc1CCC(=O)N1CCCC(Cc2nccnc2N)C1. The zero-order chi connectivity index (χ0) is 17.8. The standard InChI is InChI=1S/C18H26N6O/c1-13-15(12-23(2)22-13)5-6-17(25)24-9-3-4-14(11-24)10-16-18(19)21-8-7-20-16/h7-8,12,14H,3-6,9-11H2,1-2H3,(H2,19,21). The number of likely N-dealkylation sites (tertiary alicyclic amines) is 1. The van der Waals surface area contributed by atoms with Crippen molar-refractivity contribution in [1.29, 1.82) is 0 Å². The van der Waals surface area contributed by atoms with E-state index in [2.05, 4.69) is 15.1 Å². The maximum Gasteiger partial charge on any atom is 0.222 e. The van der Waals surface area contributed by atoms with Gasteiger partial charge < -0.3 is 10.6 Å². The lowest BCUT2D eigenvalue weighted by Crippen LogP contribution is -2.40. The average Bonchev–Trinajstić information content (AvgIpc) is 2.92. The predicted octanol–water partition coefficient (Wildman–Crippen LogP) is 1.51. The topological polar surface area (TPSA) is 89.9 Å². The molecule has 134 valence electrons. The van der Waals surface area contributed by atoms with Crippen molar-refractivity contribution >= 4 is 11.7 Å². The minimum absolute atomic E-state index is 0.222. The smallest absolute Gasteiger partial charge is 0.222 e. The summed E-state index contributed by atoms with van der Waals surface area (Å²) in [5, 5.41) is 4.34. The number of carbonyl (C=O) groups excluding carboxylic acids is 1. The molecule has 7 heteroatoms. The molecule has 1 fully saturated rings. The summed E-state index contributed by atoms with van der Waals surface area (Å²) in [6.45, 7) is 3.61. The van der Waals surface area contributed by atoms with Crippen LogP contribution in [0.3, 0.4) is 0 Å². The first-order valence-electron chi connectivity index (χ1n) is 8.85. The molecule has 1 saturated heterocycles. The lowest BCUT2D eigenvalue weighted by atomic mass is 9.93. The van der Waals surface area contributed by atoms with Crippen molar-refractivity contribution in [3.63, 3.8) is 0 Å². The molecule has 2 aromatic heterocycles. The Hall–Kier alpha value is -2.44. The molecule has 1 unspecified atom stereocenters. The Bertz CT molecular complexity index is 741. The highest BCUT2D eigenvalue weighted by Gasteiger charge is 2.24. The van der Waals surface area contributed by atoms with E-state index in [1.54, 1.807) is 17.1 Å². The van der Waals surface area contributed by atoms with Crippen LogP contribution < -0.4 is 5.73 Å². The van der Waals surface area contributed by atoms with Crippen LogP contribution in [0.25, 0.3) is 0 Å². The van der Waals surface area contributed by atoms with Gasteiger partial charge in [0.1, 0.15) is 5.82 Å². The highest BCUT2D eigenvalue weighted by Crippen LogP contribution is 2.22. The first kappa shape index (κ1) is 17.4. The fourth-order valence-electron chi connectivity index (χ4n) is 3.56. The van der Waals surface area contributed by atoms with Crippen molar-refractivity contribution in [3.05, 3.63) is 35.5 Å². The second kappa shape index (κ2) is 7.63. The van der Waals surface area contributed by atoms with Crippen LogP contribution in [0.15, 0.2) is 18.6 Å². The van der Waals surface area contributed by atoms with Gasteiger partial charge in [-0.05, 0) is 44.1 Å². The van der Waals surface area contributed by atoms with E-state index in [0.717, 1.165) is 55.7 Å². The number of amides is 1. The summed E-state index contributed by atoms with van der Waals surface area (Å²) in [5.74, 6) is 1.12. The molecule has 1 atom stereocenters. The molecule has 3 heterocycles. The molecule has 1 amide bonds. The van der Waals surface area contributed by atoms with Gasteiger partial charge in [-0.1, -0.05) is 0 Å². The first-order chi connectivity index (χ1) is 12.0. The molecule has 0 spiro atoms. The molecule has 1 aliphatic heterocycles. The second-order valence-electron chi connectivity index (χ2n) is 6.85. The Morgan fingerprint density at radius 2 is 2.16 bits per heavy atom. The highest BCUT2D eigenvalue weighted by atomic mass is 16.2. The van der Waals surface area contributed by atoms with Gasteiger partial charge in [-0.25, -0.2) is 4.98 Å². The van der Waals surface area contributed by atoms with Crippen molar-refractivity contribution in [2.75, 3.05) is 18.8 Å². The van der Waals surface area contributed by atoms with Crippen LogP contribution >= 0.6 is 0 Å². The number of carbonyl (C=O) groups is 1. The second-order valence-corrected chi connectivity index (χ2v) is 6.85. The third kappa shape index (κ3) is 4.35. The van der Waals surface area contributed by atoms with Crippen molar-refractivity contribution in [2.24, 2.45) is 13.0 Å². The van der Waals surface area contributed by atoms with Crippen molar-refractivity contribution in [1.82, 2.24) is 24.6 Å². The zero-order valence-corrected chi connectivity index (χ0v) is 15.0. The molecule has 7 nitrogen and oxygen atoms in total. The monoisotopic (exact) mass is 342 g/mol. The summed E-state index contributed by atoms with van der Waals surface area (Å²) in [6.07, 6.45) is 9.47. The molecule has 1 aliphatic rings. The Balaban J connectivity index is 1.54. The number of hydrogen-bond donors (Lipinski definition) is 1. The number of hydrogen-bond acceptors (Lipinski definition) is 5. The van der Waals surface area contributed by atoms with Crippen LogP contribution in [0.5, 0.6) is 0 Å². The van der Waals surface area contributed by atoms with Gasteiger partial charge in [0.25, 0.3) is 0 Å². The molecule has 3 rings (SSSR count). The van der Waals surface area contributed by atoms with Crippen LogP contribution in [0.4, 0.5) is 5.82 Å². The van der Waals surface area contributed by atoms with Gasteiger partial charge in [-0.3, -0.25) is 14.5 Å². The summed E-state index contributed by atoms with van der Waals surface area (Å²) >= 11 is 0. The maximum absolute atomic E-state index is 12.6. The molecule has 0 bridgehead atoms. The van der Waals surface area contributed by atoms with Gasteiger partial charge in [0, 0.05) is 45.1 Å². The Morgan fingerprint density at radius 3 is 2.88 bits per heavy atom. The molecule has 2 N–H and O–H groups in total. The average molecular weight is 342 g/mol. The number of nitrogens with zero attached hydrogens (tertiary/aromatic N) is 5. The molecule has 2 aromatic rings. The summed E-state index contributed by atoms with van der Waals surface area (Å²) in [6, 6.07) is 0. The van der Waals surface area contributed by atoms with Crippen LogP contribution in [0.1, 0.15) is 36.2 Å². The molecule has 0 aromatic carbocycles. The highest BCUT2D eigenvalue weighted by molar-refractivity contribution is 5.76. The van der Waals surface area contributed by atoms with Gasteiger partial charge in [0.05, 0.1) is 11.4 Å². The van der Waals surface area contributed by atoms with E-state index >= 15 is 0 Å². The van der Waals surface area contributed by atoms with Crippen LogP contribution in [-0.4, -0.2) is 43.6 Å². The fourth-order valence-corrected chi connectivity index (χ4v) is 3.56. The summed E-state index contributed by atoms with van der Waals surface area (Å²) in [4.78, 5) is 23.0. The maximum atomic E-state index is 12.6. The Kier molecular flexibility index (Phi) is 5.31. The molecule has 0 radical (unpaired) electrons. The van der Waals surface area contributed by atoms with E-state index in [1.807, 2.05) is 25.1 Å². The summed E-state index contributed by atoms with van der Waals surface area (Å²) < 4.78 is 1.80. The largest absolute Gasteiger partial charge is 0.382 e. The van der Waals surface area contributed by atoms with E-state index in [9.17, 15) is 4.79 Å². The Morgan fingerprint density at radius 1 is 1.36 bits per heavy atom. The van der Waals surface area contributed by atoms with Gasteiger partial charge in [-0.2, -0.15) is 5.10 Å². The van der Waals surface area contributed by atoms with Gasteiger partial charge in [-0.15, -0.1) is 0 Å². The van der Waals surface area contributed by atoms with Crippen molar-refractivity contribution in [2.45, 2.75) is 39.0 Å². The lowest BCUT2D eigenvalue weighted by Gasteiger charge is -2.33. The normalized spacial score (nSPS) is 17.7. The number of aromatic nitrogens is 4. The number of anilines is 1. The van der Waals surface area contributed by atoms with Gasteiger partial charge >= 0.3 is 0 Å². The van der Waals surface area contributed by atoms with E-state index in [-0.39, 0.29) is 5.91 Å². The number of nitrogen functional groups attached to an aromatic ring is 1. The third-order valence-electron chi connectivity index (χ3n) is 4.88. The zero-order valence-electron chi connectivity index (χ0n) is 15.0. The first-order valence-corrected chi connectivity index (χ1v) is 8.85. The third-order valence-corrected chi connectivity index (χ3v) is 4.88.